The maximum absolute atomic E-state index is 5.47. The average Bonchev–Trinajstić information content (AvgIpc) is 2.55. The second kappa shape index (κ2) is 6.77. The van der Waals surface area contributed by atoms with Crippen molar-refractivity contribution in [3.05, 3.63) is 42.1 Å². The van der Waals surface area contributed by atoms with Crippen molar-refractivity contribution in [2.75, 3.05) is 52.6 Å². The molecule has 20 heavy (non-hydrogen) atoms. The monoisotopic (exact) mass is 274 g/mol. The van der Waals surface area contributed by atoms with Crippen LogP contribution < -0.4 is 0 Å². The maximum Gasteiger partial charge on any atom is 0.0642 e. The van der Waals surface area contributed by atoms with Crippen molar-refractivity contribution in [1.82, 2.24) is 9.80 Å². The van der Waals surface area contributed by atoms with Crippen LogP contribution in [0.15, 0.2) is 36.5 Å². The molecule has 0 atom stereocenters. The van der Waals surface area contributed by atoms with Gasteiger partial charge in [0.1, 0.15) is 0 Å². The van der Waals surface area contributed by atoms with Gasteiger partial charge in [0.05, 0.1) is 32.1 Å². The standard InChI is InChI=1S/C16H22N2O2/c1-2-4-15(5-3-1)16(18-8-12-20-13-9-18)14-17-6-10-19-11-7-17/h1-5,14H,6-13H2/b16-14+. The van der Waals surface area contributed by atoms with Gasteiger partial charge in [-0.15, -0.1) is 0 Å². The van der Waals surface area contributed by atoms with Gasteiger partial charge >= 0.3 is 0 Å². The molecule has 0 aromatic heterocycles. The zero-order chi connectivity index (χ0) is 13.6. The topological polar surface area (TPSA) is 24.9 Å². The van der Waals surface area contributed by atoms with E-state index in [9.17, 15) is 0 Å². The Bertz CT molecular complexity index is 435. The van der Waals surface area contributed by atoms with Gasteiger partial charge in [0, 0.05) is 32.4 Å². The van der Waals surface area contributed by atoms with Crippen LogP contribution in [0.4, 0.5) is 0 Å². The van der Waals surface area contributed by atoms with E-state index in [4.69, 9.17) is 9.47 Å². The van der Waals surface area contributed by atoms with Crippen LogP contribution in [-0.2, 0) is 9.47 Å². The Hall–Kier alpha value is -1.52. The SMILES string of the molecule is C(=C(/c1ccccc1)N1CCOCC1)/N1CCOCC1. The molecule has 0 saturated carbocycles. The molecule has 0 unspecified atom stereocenters. The van der Waals surface area contributed by atoms with E-state index in [0.29, 0.717) is 0 Å². The van der Waals surface area contributed by atoms with Crippen LogP contribution in [0.25, 0.3) is 5.70 Å². The zero-order valence-electron chi connectivity index (χ0n) is 11.8. The number of nitrogens with zero attached hydrogens (tertiary/aromatic N) is 2. The minimum atomic E-state index is 0.813. The molecule has 108 valence electrons. The molecule has 1 aromatic rings. The highest BCUT2D eigenvalue weighted by atomic mass is 16.5. The Morgan fingerprint density at radius 3 is 2.10 bits per heavy atom. The third kappa shape index (κ3) is 3.32. The number of hydrogen-bond donors (Lipinski definition) is 0. The lowest BCUT2D eigenvalue weighted by Gasteiger charge is -2.34. The fourth-order valence-electron chi connectivity index (χ4n) is 2.63. The van der Waals surface area contributed by atoms with E-state index in [2.05, 4.69) is 46.3 Å². The van der Waals surface area contributed by atoms with Crippen LogP contribution in [0.5, 0.6) is 0 Å². The molecular weight excluding hydrogens is 252 g/mol. The van der Waals surface area contributed by atoms with E-state index in [0.717, 1.165) is 52.6 Å². The Morgan fingerprint density at radius 1 is 0.850 bits per heavy atom. The Labute approximate surface area is 120 Å². The first-order valence-electron chi connectivity index (χ1n) is 7.35. The molecule has 4 heteroatoms. The van der Waals surface area contributed by atoms with E-state index in [-0.39, 0.29) is 0 Å². The molecule has 0 radical (unpaired) electrons. The quantitative estimate of drug-likeness (QED) is 0.837. The van der Waals surface area contributed by atoms with Crippen molar-refractivity contribution in [2.45, 2.75) is 0 Å². The van der Waals surface area contributed by atoms with Gasteiger partial charge in [-0.2, -0.15) is 0 Å². The minimum Gasteiger partial charge on any atom is -0.378 e. The van der Waals surface area contributed by atoms with E-state index in [1.54, 1.807) is 0 Å². The minimum absolute atomic E-state index is 0.813. The van der Waals surface area contributed by atoms with E-state index < -0.39 is 0 Å². The molecule has 1 aromatic carbocycles. The molecule has 0 bridgehead atoms. The second-order valence-corrected chi connectivity index (χ2v) is 5.13. The lowest BCUT2D eigenvalue weighted by atomic mass is 10.1. The summed E-state index contributed by atoms with van der Waals surface area (Å²) in [5, 5.41) is 0. The summed E-state index contributed by atoms with van der Waals surface area (Å²) in [5.74, 6) is 0. The van der Waals surface area contributed by atoms with Crippen LogP contribution in [0.2, 0.25) is 0 Å². The molecule has 3 rings (SSSR count). The van der Waals surface area contributed by atoms with Gasteiger partial charge in [0.25, 0.3) is 0 Å². The smallest absolute Gasteiger partial charge is 0.0642 e. The molecule has 0 spiro atoms. The van der Waals surface area contributed by atoms with Gasteiger partial charge in [-0.25, -0.2) is 0 Å². The molecule has 2 aliphatic heterocycles. The van der Waals surface area contributed by atoms with Crippen molar-refractivity contribution in [3.8, 4) is 0 Å². The van der Waals surface area contributed by atoms with Gasteiger partial charge in [0.2, 0.25) is 0 Å². The number of ether oxygens (including phenoxy) is 2. The summed E-state index contributed by atoms with van der Waals surface area (Å²) < 4.78 is 10.9. The van der Waals surface area contributed by atoms with Crippen LogP contribution >= 0.6 is 0 Å². The molecule has 2 heterocycles. The number of hydrogen-bond acceptors (Lipinski definition) is 4. The molecule has 2 fully saturated rings. The summed E-state index contributed by atoms with van der Waals surface area (Å²) >= 11 is 0. The van der Waals surface area contributed by atoms with Crippen LogP contribution in [0.3, 0.4) is 0 Å². The molecule has 2 aliphatic rings. The lowest BCUT2D eigenvalue weighted by molar-refractivity contribution is 0.0546. The largest absolute Gasteiger partial charge is 0.378 e. The van der Waals surface area contributed by atoms with Crippen LogP contribution in [0.1, 0.15) is 5.56 Å². The summed E-state index contributed by atoms with van der Waals surface area (Å²) in [7, 11) is 0. The third-order valence-corrected chi connectivity index (χ3v) is 3.77. The van der Waals surface area contributed by atoms with Gasteiger partial charge in [-0.1, -0.05) is 30.3 Å². The molecular formula is C16H22N2O2. The van der Waals surface area contributed by atoms with Crippen molar-refractivity contribution in [3.63, 3.8) is 0 Å². The lowest BCUT2D eigenvalue weighted by Crippen LogP contribution is -2.37. The Balaban J connectivity index is 1.84. The summed E-state index contributed by atoms with van der Waals surface area (Å²) in [4.78, 5) is 4.79. The summed E-state index contributed by atoms with van der Waals surface area (Å²) in [6, 6.07) is 10.6. The first-order valence-corrected chi connectivity index (χ1v) is 7.35. The number of morpholine rings is 2. The van der Waals surface area contributed by atoms with Gasteiger partial charge in [0.15, 0.2) is 0 Å². The fourth-order valence-corrected chi connectivity index (χ4v) is 2.63. The number of benzene rings is 1. The molecule has 0 amide bonds. The predicted molar refractivity (Wildman–Crippen MR) is 79.2 cm³/mol. The zero-order valence-corrected chi connectivity index (χ0v) is 11.8. The van der Waals surface area contributed by atoms with Crippen molar-refractivity contribution >= 4 is 5.70 Å². The highest BCUT2D eigenvalue weighted by molar-refractivity contribution is 5.63. The van der Waals surface area contributed by atoms with Gasteiger partial charge in [-0.05, 0) is 5.56 Å². The average molecular weight is 274 g/mol. The first kappa shape index (κ1) is 13.5. The molecule has 2 saturated heterocycles. The van der Waals surface area contributed by atoms with Crippen LogP contribution in [0, 0.1) is 0 Å². The van der Waals surface area contributed by atoms with Gasteiger partial charge < -0.3 is 19.3 Å². The highest BCUT2D eigenvalue weighted by Gasteiger charge is 2.17. The normalized spacial score (nSPS) is 21.1. The predicted octanol–water partition coefficient (Wildman–Crippen LogP) is 1.65. The third-order valence-electron chi connectivity index (χ3n) is 3.77. The Morgan fingerprint density at radius 2 is 1.45 bits per heavy atom. The molecule has 4 nitrogen and oxygen atoms in total. The second-order valence-electron chi connectivity index (χ2n) is 5.13. The summed E-state index contributed by atoms with van der Waals surface area (Å²) in [6.07, 6.45) is 2.29. The van der Waals surface area contributed by atoms with Crippen LogP contribution in [-0.4, -0.2) is 62.4 Å². The molecule has 0 N–H and O–H groups in total. The van der Waals surface area contributed by atoms with Crippen molar-refractivity contribution < 1.29 is 9.47 Å². The fraction of sp³-hybridized carbons (Fsp3) is 0.500. The maximum atomic E-state index is 5.47. The molecule has 0 aliphatic carbocycles. The number of rotatable bonds is 3. The van der Waals surface area contributed by atoms with Gasteiger partial charge in [-0.3, -0.25) is 0 Å². The van der Waals surface area contributed by atoms with E-state index in [1.807, 2.05) is 0 Å². The van der Waals surface area contributed by atoms with E-state index in [1.165, 1.54) is 11.3 Å². The summed E-state index contributed by atoms with van der Waals surface area (Å²) in [5.41, 5.74) is 2.58. The van der Waals surface area contributed by atoms with E-state index >= 15 is 0 Å². The Kier molecular flexibility index (Phi) is 4.56. The summed E-state index contributed by atoms with van der Waals surface area (Å²) in [6.45, 7) is 7.14. The first-order chi connectivity index (χ1) is 9.93. The van der Waals surface area contributed by atoms with Crippen molar-refractivity contribution in [2.24, 2.45) is 0 Å². The van der Waals surface area contributed by atoms with Crippen molar-refractivity contribution in [1.29, 1.82) is 0 Å². The highest BCUT2D eigenvalue weighted by Crippen LogP contribution is 2.21.